The first-order valence-electron chi connectivity index (χ1n) is 6.38. The van der Waals surface area contributed by atoms with Crippen LogP contribution in [0.4, 0.5) is 0 Å². The van der Waals surface area contributed by atoms with Crippen LogP contribution >= 0.6 is 0 Å². The van der Waals surface area contributed by atoms with Gasteiger partial charge in [-0.1, -0.05) is 0 Å². The van der Waals surface area contributed by atoms with Gasteiger partial charge in [0.1, 0.15) is 5.65 Å². The average Bonchev–Trinajstić information content (AvgIpc) is 2.66. The lowest BCUT2D eigenvalue weighted by molar-refractivity contribution is -0.120. The van der Waals surface area contributed by atoms with Crippen LogP contribution in [0.2, 0.25) is 0 Å². The van der Waals surface area contributed by atoms with Gasteiger partial charge in [-0.2, -0.15) is 0 Å². The molecule has 0 aromatic carbocycles. The first-order chi connectivity index (χ1) is 9.08. The Balaban J connectivity index is 2.03. The Morgan fingerprint density at radius 1 is 1.47 bits per heavy atom. The molecule has 0 atom stereocenters. The molecule has 0 unspecified atom stereocenters. The first-order valence-corrected chi connectivity index (χ1v) is 6.38. The van der Waals surface area contributed by atoms with Crippen molar-refractivity contribution in [2.45, 2.75) is 6.42 Å². The van der Waals surface area contributed by atoms with E-state index in [1.165, 1.54) is 0 Å². The summed E-state index contributed by atoms with van der Waals surface area (Å²) in [5.41, 5.74) is 1.94. The zero-order chi connectivity index (χ0) is 13.8. The molecule has 2 heterocycles. The molecule has 5 nitrogen and oxygen atoms in total. The van der Waals surface area contributed by atoms with Gasteiger partial charge in [0.15, 0.2) is 0 Å². The van der Waals surface area contributed by atoms with Gasteiger partial charge in [0.2, 0.25) is 5.91 Å². The Labute approximate surface area is 113 Å². The summed E-state index contributed by atoms with van der Waals surface area (Å²) in [4.78, 5) is 18.2. The minimum Gasteiger partial charge on any atom is -0.355 e. The van der Waals surface area contributed by atoms with Crippen LogP contribution in [0.25, 0.3) is 11.0 Å². The molecule has 0 saturated carbocycles. The van der Waals surface area contributed by atoms with Gasteiger partial charge in [-0.25, -0.2) is 4.98 Å². The molecule has 5 heteroatoms. The molecule has 2 aromatic heterocycles. The predicted octanol–water partition coefficient (Wildman–Crippen LogP) is 0.794. The quantitative estimate of drug-likeness (QED) is 0.865. The molecule has 0 spiro atoms. The van der Waals surface area contributed by atoms with Crippen LogP contribution in [-0.4, -0.2) is 47.5 Å². The summed E-state index contributed by atoms with van der Waals surface area (Å²) in [6.45, 7) is 1.53. The van der Waals surface area contributed by atoms with Gasteiger partial charge < -0.3 is 14.8 Å². The molecule has 1 N–H and O–H groups in total. The number of fused-ring (bicyclic) bond motifs is 1. The zero-order valence-corrected chi connectivity index (χ0v) is 11.7. The Morgan fingerprint density at radius 2 is 2.26 bits per heavy atom. The monoisotopic (exact) mass is 260 g/mol. The van der Waals surface area contributed by atoms with Crippen molar-refractivity contribution in [3.05, 3.63) is 30.1 Å². The van der Waals surface area contributed by atoms with Crippen molar-refractivity contribution in [2.24, 2.45) is 7.05 Å². The van der Waals surface area contributed by atoms with Gasteiger partial charge >= 0.3 is 0 Å². The van der Waals surface area contributed by atoms with E-state index in [1.54, 1.807) is 6.20 Å². The number of hydrogen-bond acceptors (Lipinski definition) is 3. The fraction of sp³-hybridized carbons (Fsp3) is 0.429. The highest BCUT2D eigenvalue weighted by Gasteiger charge is 2.10. The molecular weight excluding hydrogens is 240 g/mol. The fourth-order valence-electron chi connectivity index (χ4n) is 2.09. The average molecular weight is 260 g/mol. The second-order valence-corrected chi connectivity index (χ2v) is 4.97. The second kappa shape index (κ2) is 5.84. The topological polar surface area (TPSA) is 50.2 Å². The molecule has 2 rings (SSSR count). The predicted molar refractivity (Wildman–Crippen MR) is 76.0 cm³/mol. The number of pyridine rings is 1. The van der Waals surface area contributed by atoms with E-state index in [2.05, 4.69) is 10.3 Å². The zero-order valence-electron chi connectivity index (χ0n) is 11.7. The number of amides is 1. The number of likely N-dealkylation sites (N-methyl/N-ethyl adjacent to an activating group) is 1. The van der Waals surface area contributed by atoms with E-state index >= 15 is 0 Å². The Morgan fingerprint density at radius 3 is 3.00 bits per heavy atom. The molecule has 0 aliphatic rings. The van der Waals surface area contributed by atoms with Gasteiger partial charge in [-0.05, 0) is 31.8 Å². The lowest BCUT2D eigenvalue weighted by Crippen LogP contribution is -2.32. The molecule has 0 bridgehead atoms. The van der Waals surface area contributed by atoms with Gasteiger partial charge in [0.25, 0.3) is 0 Å². The minimum atomic E-state index is 0.0539. The summed E-state index contributed by atoms with van der Waals surface area (Å²) in [5, 5.41) is 3.98. The van der Waals surface area contributed by atoms with Crippen molar-refractivity contribution in [2.75, 3.05) is 27.2 Å². The number of carbonyl (C=O) groups excluding carboxylic acids is 1. The van der Waals surface area contributed by atoms with E-state index in [1.807, 2.05) is 48.9 Å². The number of carbonyl (C=O) groups is 1. The van der Waals surface area contributed by atoms with Crippen LogP contribution in [0, 0.1) is 0 Å². The number of aryl methyl sites for hydroxylation is 1. The molecule has 0 radical (unpaired) electrons. The van der Waals surface area contributed by atoms with Crippen molar-refractivity contribution in [1.29, 1.82) is 0 Å². The van der Waals surface area contributed by atoms with Crippen LogP contribution in [0.1, 0.15) is 5.56 Å². The second-order valence-electron chi connectivity index (χ2n) is 4.97. The number of nitrogens with one attached hydrogen (secondary N) is 1. The summed E-state index contributed by atoms with van der Waals surface area (Å²) in [7, 11) is 5.92. The number of rotatable bonds is 5. The van der Waals surface area contributed by atoms with E-state index in [0.29, 0.717) is 13.0 Å². The third-order valence-electron chi connectivity index (χ3n) is 3.05. The van der Waals surface area contributed by atoms with E-state index < -0.39 is 0 Å². The molecule has 1 amide bonds. The highest BCUT2D eigenvalue weighted by molar-refractivity contribution is 5.87. The standard InChI is InChI=1S/C14H20N4O/c1-17(2)8-7-15-13(19)9-11-10-18(3)14-12(11)5-4-6-16-14/h4-6,10H,7-9H2,1-3H3,(H,15,19). The van der Waals surface area contributed by atoms with Gasteiger partial charge in [-0.15, -0.1) is 0 Å². The Bertz CT molecular complexity index is 574. The Kier molecular flexibility index (Phi) is 4.16. The number of nitrogens with zero attached hydrogens (tertiary/aromatic N) is 3. The largest absolute Gasteiger partial charge is 0.355 e. The molecule has 0 saturated heterocycles. The van der Waals surface area contributed by atoms with Crippen LogP contribution in [0.5, 0.6) is 0 Å². The maximum absolute atomic E-state index is 11.9. The molecule has 0 aliphatic heterocycles. The van der Waals surface area contributed by atoms with Crippen molar-refractivity contribution in [1.82, 2.24) is 19.8 Å². The molecule has 102 valence electrons. The van der Waals surface area contributed by atoms with E-state index in [-0.39, 0.29) is 5.91 Å². The third-order valence-corrected chi connectivity index (χ3v) is 3.05. The SMILES string of the molecule is CN(C)CCNC(=O)Cc1cn(C)c2ncccc12. The lowest BCUT2D eigenvalue weighted by Gasteiger charge is -2.10. The maximum atomic E-state index is 11.9. The van der Waals surface area contributed by atoms with Crippen molar-refractivity contribution >= 4 is 16.9 Å². The van der Waals surface area contributed by atoms with Crippen LogP contribution in [0.3, 0.4) is 0 Å². The normalized spacial score (nSPS) is 11.2. The van der Waals surface area contributed by atoms with Crippen LogP contribution in [-0.2, 0) is 18.3 Å². The van der Waals surface area contributed by atoms with E-state index in [9.17, 15) is 4.79 Å². The highest BCUT2D eigenvalue weighted by atomic mass is 16.1. The van der Waals surface area contributed by atoms with Crippen LogP contribution in [0.15, 0.2) is 24.5 Å². The van der Waals surface area contributed by atoms with Crippen molar-refractivity contribution in [3.8, 4) is 0 Å². The summed E-state index contributed by atoms with van der Waals surface area (Å²) < 4.78 is 1.96. The molecule has 0 aliphatic carbocycles. The summed E-state index contributed by atoms with van der Waals surface area (Å²) in [6.07, 6.45) is 4.14. The maximum Gasteiger partial charge on any atom is 0.224 e. The van der Waals surface area contributed by atoms with Gasteiger partial charge in [0, 0.05) is 37.9 Å². The fourth-order valence-corrected chi connectivity index (χ4v) is 2.09. The van der Waals surface area contributed by atoms with E-state index in [4.69, 9.17) is 0 Å². The smallest absolute Gasteiger partial charge is 0.224 e. The summed E-state index contributed by atoms with van der Waals surface area (Å²) in [6, 6.07) is 3.90. The van der Waals surface area contributed by atoms with Gasteiger partial charge in [0.05, 0.1) is 6.42 Å². The van der Waals surface area contributed by atoms with Crippen molar-refractivity contribution in [3.63, 3.8) is 0 Å². The molecular formula is C14H20N4O. The van der Waals surface area contributed by atoms with Gasteiger partial charge in [-0.3, -0.25) is 4.79 Å². The van der Waals surface area contributed by atoms with Crippen molar-refractivity contribution < 1.29 is 4.79 Å². The minimum absolute atomic E-state index is 0.0539. The molecule has 2 aromatic rings. The highest BCUT2D eigenvalue weighted by Crippen LogP contribution is 2.18. The first kappa shape index (κ1) is 13.5. The van der Waals surface area contributed by atoms with E-state index in [0.717, 1.165) is 23.1 Å². The summed E-state index contributed by atoms with van der Waals surface area (Å²) in [5.74, 6) is 0.0539. The molecule has 0 fully saturated rings. The summed E-state index contributed by atoms with van der Waals surface area (Å²) >= 11 is 0. The molecule has 19 heavy (non-hydrogen) atoms. The van der Waals surface area contributed by atoms with Crippen LogP contribution < -0.4 is 5.32 Å². The lowest BCUT2D eigenvalue weighted by atomic mass is 10.1. The number of hydrogen-bond donors (Lipinski definition) is 1. The number of aromatic nitrogens is 2. The Hall–Kier alpha value is -1.88. The third kappa shape index (κ3) is 3.32.